The second-order valence-electron chi connectivity index (χ2n) is 6.63. The van der Waals surface area contributed by atoms with Gasteiger partial charge in [0.15, 0.2) is 9.84 Å². The number of piperidine rings is 1. The molecule has 1 aliphatic heterocycles. The predicted octanol–water partition coefficient (Wildman–Crippen LogP) is 0.800. The fourth-order valence-electron chi connectivity index (χ4n) is 2.92. The van der Waals surface area contributed by atoms with Crippen LogP contribution >= 0.6 is 0 Å². The summed E-state index contributed by atoms with van der Waals surface area (Å²) in [6.07, 6.45) is 3.85. The van der Waals surface area contributed by atoms with Gasteiger partial charge >= 0.3 is 0 Å². The van der Waals surface area contributed by atoms with Crippen molar-refractivity contribution in [3.63, 3.8) is 0 Å². The summed E-state index contributed by atoms with van der Waals surface area (Å²) in [5.41, 5.74) is 1.09. The van der Waals surface area contributed by atoms with Crippen molar-refractivity contribution in [2.45, 2.75) is 24.7 Å². The molecule has 7 nitrogen and oxygen atoms in total. The van der Waals surface area contributed by atoms with Crippen molar-refractivity contribution in [3.8, 4) is 0 Å². The van der Waals surface area contributed by atoms with Crippen LogP contribution < -0.4 is 4.72 Å². The summed E-state index contributed by atoms with van der Waals surface area (Å²) in [4.78, 5) is 14.6. The summed E-state index contributed by atoms with van der Waals surface area (Å²) in [6.45, 7) is 3.09. The molecule has 1 amide bonds. The molecule has 1 atom stereocenters. The van der Waals surface area contributed by atoms with Gasteiger partial charge < -0.3 is 4.90 Å². The van der Waals surface area contributed by atoms with Crippen LogP contribution in [0.1, 0.15) is 28.8 Å². The lowest BCUT2D eigenvalue weighted by Gasteiger charge is -2.33. The first-order valence-corrected chi connectivity index (χ1v) is 11.8. The van der Waals surface area contributed by atoms with Crippen LogP contribution in [-0.2, 0) is 19.9 Å². The smallest absolute Gasteiger partial charge is 0.254 e. The van der Waals surface area contributed by atoms with E-state index >= 15 is 0 Å². The molecule has 1 N–H and O–H groups in total. The number of nitrogens with zero attached hydrogens (tertiary/aromatic N) is 1. The molecule has 25 heavy (non-hydrogen) atoms. The number of benzene rings is 1. The molecule has 0 aliphatic carbocycles. The number of nitrogens with one attached hydrogen (secondary N) is 1. The van der Waals surface area contributed by atoms with Gasteiger partial charge in [-0.15, -0.1) is 0 Å². The summed E-state index contributed by atoms with van der Waals surface area (Å²) in [7, 11) is -6.65. The van der Waals surface area contributed by atoms with E-state index in [4.69, 9.17) is 0 Å². The van der Waals surface area contributed by atoms with Crippen molar-refractivity contribution < 1.29 is 21.6 Å². The third-order valence-corrected chi connectivity index (χ3v) is 6.11. The number of sulfonamides is 1. The van der Waals surface area contributed by atoms with Crippen LogP contribution in [0.3, 0.4) is 0 Å². The molecule has 1 saturated heterocycles. The van der Waals surface area contributed by atoms with Crippen LogP contribution in [0, 0.1) is 12.8 Å². The minimum absolute atomic E-state index is 0.0471. The van der Waals surface area contributed by atoms with E-state index in [1.807, 2.05) is 0 Å². The monoisotopic (exact) mass is 388 g/mol. The highest BCUT2D eigenvalue weighted by Crippen LogP contribution is 2.22. The Kier molecular flexibility index (Phi) is 5.90. The van der Waals surface area contributed by atoms with Crippen LogP contribution in [0.15, 0.2) is 23.1 Å². The number of carbonyl (C=O) groups excluding carboxylic acids is 1. The van der Waals surface area contributed by atoms with Crippen molar-refractivity contribution in [1.82, 2.24) is 9.62 Å². The Bertz CT molecular complexity index is 863. The lowest BCUT2D eigenvalue weighted by atomic mass is 9.97. The molecular formula is C16H24N2O5S2. The molecular weight excluding hydrogens is 364 g/mol. The SMILES string of the molecule is Cc1ccc(S(C)(=O)=O)cc1C(=O)N1CCCC(CNS(C)(=O)=O)C1. The molecule has 1 aromatic rings. The van der Waals surface area contributed by atoms with Gasteiger partial charge in [-0.05, 0) is 43.4 Å². The fraction of sp³-hybridized carbons (Fsp3) is 0.562. The quantitative estimate of drug-likeness (QED) is 0.804. The number of sulfone groups is 1. The largest absolute Gasteiger partial charge is 0.338 e. The Balaban J connectivity index is 2.17. The second kappa shape index (κ2) is 7.43. The van der Waals surface area contributed by atoms with Gasteiger partial charge in [-0.1, -0.05) is 6.07 Å². The number of hydrogen-bond donors (Lipinski definition) is 1. The van der Waals surface area contributed by atoms with Crippen molar-refractivity contribution in [3.05, 3.63) is 29.3 Å². The molecule has 9 heteroatoms. The minimum Gasteiger partial charge on any atom is -0.338 e. The Morgan fingerprint density at radius 2 is 1.92 bits per heavy atom. The average molecular weight is 389 g/mol. The molecule has 0 bridgehead atoms. The van der Waals surface area contributed by atoms with Crippen LogP contribution in [0.5, 0.6) is 0 Å². The number of hydrogen-bond acceptors (Lipinski definition) is 5. The van der Waals surface area contributed by atoms with Gasteiger partial charge in [-0.2, -0.15) is 0 Å². The molecule has 1 unspecified atom stereocenters. The zero-order chi connectivity index (χ0) is 18.8. The first kappa shape index (κ1) is 19.9. The average Bonchev–Trinajstić information content (AvgIpc) is 2.51. The normalized spacial score (nSPS) is 19.0. The van der Waals surface area contributed by atoms with Crippen molar-refractivity contribution in [2.75, 3.05) is 32.1 Å². The first-order chi connectivity index (χ1) is 11.5. The minimum atomic E-state index is -3.39. The predicted molar refractivity (Wildman–Crippen MR) is 95.8 cm³/mol. The number of likely N-dealkylation sites (tertiary alicyclic amines) is 1. The number of rotatable bonds is 5. The van der Waals surface area contributed by atoms with Gasteiger partial charge in [-0.3, -0.25) is 4.79 Å². The summed E-state index contributed by atoms with van der Waals surface area (Å²) >= 11 is 0. The molecule has 140 valence electrons. The van der Waals surface area contributed by atoms with Crippen LogP contribution in [0.4, 0.5) is 0 Å². The summed E-state index contributed by atoms with van der Waals surface area (Å²) in [5, 5.41) is 0. The summed E-state index contributed by atoms with van der Waals surface area (Å²) in [6, 6.07) is 4.55. The first-order valence-electron chi connectivity index (χ1n) is 8.02. The molecule has 0 aromatic heterocycles. The highest BCUT2D eigenvalue weighted by atomic mass is 32.2. The van der Waals surface area contributed by atoms with Gasteiger partial charge in [0.05, 0.1) is 11.2 Å². The van der Waals surface area contributed by atoms with E-state index in [1.54, 1.807) is 17.9 Å². The maximum atomic E-state index is 12.8. The Labute approximate surface area is 149 Å². The molecule has 2 rings (SSSR count). The topological polar surface area (TPSA) is 101 Å². The lowest BCUT2D eigenvalue weighted by molar-refractivity contribution is 0.0675. The number of aryl methyl sites for hydroxylation is 1. The van der Waals surface area contributed by atoms with E-state index < -0.39 is 19.9 Å². The Hall–Kier alpha value is -1.45. The highest BCUT2D eigenvalue weighted by Gasteiger charge is 2.26. The van der Waals surface area contributed by atoms with E-state index in [0.717, 1.165) is 25.4 Å². The van der Waals surface area contributed by atoms with E-state index in [2.05, 4.69) is 4.72 Å². The maximum Gasteiger partial charge on any atom is 0.254 e. The van der Waals surface area contributed by atoms with E-state index in [1.165, 1.54) is 12.1 Å². The zero-order valence-corrected chi connectivity index (χ0v) is 16.3. The number of carbonyl (C=O) groups is 1. The van der Waals surface area contributed by atoms with E-state index in [0.29, 0.717) is 30.8 Å². The van der Waals surface area contributed by atoms with Crippen LogP contribution in [0.2, 0.25) is 0 Å². The van der Waals surface area contributed by atoms with Gasteiger partial charge in [0.1, 0.15) is 0 Å². The Morgan fingerprint density at radius 1 is 1.24 bits per heavy atom. The van der Waals surface area contributed by atoms with Crippen molar-refractivity contribution >= 4 is 25.8 Å². The molecule has 1 aliphatic rings. The standard InChI is InChI=1S/C16H24N2O5S2/c1-12-6-7-14(24(2,20)21)9-15(12)16(19)18-8-4-5-13(11-18)10-17-25(3,22)23/h6-7,9,13,17H,4-5,8,10-11H2,1-3H3. The second-order valence-corrected chi connectivity index (χ2v) is 10.5. The highest BCUT2D eigenvalue weighted by molar-refractivity contribution is 7.90. The maximum absolute atomic E-state index is 12.8. The zero-order valence-electron chi connectivity index (χ0n) is 14.6. The molecule has 1 aromatic carbocycles. The fourth-order valence-corrected chi connectivity index (χ4v) is 4.10. The number of amides is 1. The van der Waals surface area contributed by atoms with Crippen LogP contribution in [0.25, 0.3) is 0 Å². The summed E-state index contributed by atoms with van der Waals surface area (Å²) in [5.74, 6) is -0.169. The van der Waals surface area contributed by atoms with Gasteiger partial charge in [0.25, 0.3) is 5.91 Å². The molecule has 1 heterocycles. The third kappa shape index (κ3) is 5.52. The molecule has 0 radical (unpaired) electrons. The molecule has 0 saturated carbocycles. The van der Waals surface area contributed by atoms with Crippen LogP contribution in [-0.4, -0.2) is 59.8 Å². The third-order valence-electron chi connectivity index (χ3n) is 4.31. The molecule has 1 fully saturated rings. The molecule has 0 spiro atoms. The lowest BCUT2D eigenvalue weighted by Crippen LogP contribution is -2.43. The van der Waals surface area contributed by atoms with Crippen molar-refractivity contribution in [2.24, 2.45) is 5.92 Å². The van der Waals surface area contributed by atoms with Gasteiger partial charge in [0.2, 0.25) is 10.0 Å². The van der Waals surface area contributed by atoms with Gasteiger partial charge in [-0.25, -0.2) is 21.6 Å². The van der Waals surface area contributed by atoms with E-state index in [-0.39, 0.29) is 16.7 Å². The van der Waals surface area contributed by atoms with E-state index in [9.17, 15) is 21.6 Å². The van der Waals surface area contributed by atoms with Crippen molar-refractivity contribution in [1.29, 1.82) is 0 Å². The Morgan fingerprint density at radius 3 is 2.52 bits per heavy atom. The summed E-state index contributed by atoms with van der Waals surface area (Å²) < 4.78 is 48.4. The van der Waals surface area contributed by atoms with Gasteiger partial charge in [0, 0.05) is 31.5 Å².